The van der Waals surface area contributed by atoms with Crippen LogP contribution in [0, 0.1) is 5.92 Å². The quantitative estimate of drug-likeness (QED) is 0.901. The lowest BCUT2D eigenvalue weighted by Crippen LogP contribution is -2.28. The summed E-state index contributed by atoms with van der Waals surface area (Å²) in [5, 5.41) is 2.83. The molecule has 1 N–H and O–H groups in total. The van der Waals surface area contributed by atoms with E-state index in [0.717, 1.165) is 0 Å². The number of rotatable bonds is 5. The first-order valence-corrected chi connectivity index (χ1v) is 7.85. The summed E-state index contributed by atoms with van der Waals surface area (Å²) in [5.74, 6) is 0.410. The van der Waals surface area contributed by atoms with E-state index in [1.165, 1.54) is 7.11 Å². The third-order valence-electron chi connectivity index (χ3n) is 4.10. The van der Waals surface area contributed by atoms with Gasteiger partial charge in [-0.25, -0.2) is 0 Å². The highest BCUT2D eigenvalue weighted by molar-refractivity contribution is 6.03. The highest BCUT2D eigenvalue weighted by Gasteiger charge is 2.35. The van der Waals surface area contributed by atoms with Crippen molar-refractivity contribution in [2.45, 2.75) is 6.42 Å². The Morgan fingerprint density at radius 1 is 1.24 bits per heavy atom. The van der Waals surface area contributed by atoms with E-state index in [0.29, 0.717) is 29.4 Å². The fourth-order valence-corrected chi connectivity index (χ4v) is 2.80. The van der Waals surface area contributed by atoms with Gasteiger partial charge >= 0.3 is 0 Å². The number of carbonyl (C=O) groups is 2. The molecule has 2 heterocycles. The molecule has 0 bridgehead atoms. The number of methoxy groups -OCH3 is 2. The van der Waals surface area contributed by atoms with Crippen LogP contribution >= 0.6 is 0 Å². The van der Waals surface area contributed by atoms with Gasteiger partial charge in [-0.1, -0.05) is 0 Å². The Bertz CT molecular complexity index is 779. The van der Waals surface area contributed by atoms with Crippen LogP contribution in [0.4, 0.5) is 11.4 Å². The lowest BCUT2D eigenvalue weighted by Gasteiger charge is -2.16. The fourth-order valence-electron chi connectivity index (χ4n) is 2.80. The molecule has 1 aromatic carbocycles. The first kappa shape index (κ1) is 16.8. The molecule has 2 aromatic rings. The van der Waals surface area contributed by atoms with Crippen LogP contribution in [-0.4, -0.2) is 37.6 Å². The van der Waals surface area contributed by atoms with Crippen molar-refractivity contribution in [1.82, 2.24) is 4.98 Å². The SMILES string of the molecule is COc1ccc(NC(=O)C2CC(=O)N(c3cccnc3)C2)cc1OC. The number of hydrogen-bond donors (Lipinski definition) is 1. The molecule has 0 saturated carbocycles. The van der Waals surface area contributed by atoms with Crippen LogP contribution in [0.5, 0.6) is 11.5 Å². The Labute approximate surface area is 145 Å². The van der Waals surface area contributed by atoms with E-state index >= 15 is 0 Å². The molecule has 7 nitrogen and oxygen atoms in total. The lowest BCUT2D eigenvalue weighted by molar-refractivity contribution is -0.122. The predicted molar refractivity (Wildman–Crippen MR) is 92.9 cm³/mol. The van der Waals surface area contributed by atoms with Crippen molar-refractivity contribution < 1.29 is 19.1 Å². The number of ether oxygens (including phenoxy) is 2. The summed E-state index contributed by atoms with van der Waals surface area (Å²) in [5.41, 5.74) is 1.30. The van der Waals surface area contributed by atoms with Gasteiger partial charge < -0.3 is 19.7 Å². The van der Waals surface area contributed by atoms with Crippen molar-refractivity contribution in [2.24, 2.45) is 5.92 Å². The first-order valence-electron chi connectivity index (χ1n) is 7.85. The largest absolute Gasteiger partial charge is 0.493 e. The molecule has 7 heteroatoms. The number of anilines is 2. The Morgan fingerprint density at radius 3 is 2.72 bits per heavy atom. The van der Waals surface area contributed by atoms with E-state index in [-0.39, 0.29) is 18.2 Å². The molecule has 0 radical (unpaired) electrons. The minimum atomic E-state index is -0.416. The molecule has 1 unspecified atom stereocenters. The minimum absolute atomic E-state index is 0.0829. The minimum Gasteiger partial charge on any atom is -0.493 e. The van der Waals surface area contributed by atoms with Crippen molar-refractivity contribution in [2.75, 3.05) is 31.0 Å². The number of pyridine rings is 1. The van der Waals surface area contributed by atoms with Crippen molar-refractivity contribution in [3.63, 3.8) is 0 Å². The molecular formula is C18H19N3O4. The van der Waals surface area contributed by atoms with Crippen LogP contribution in [0.1, 0.15) is 6.42 Å². The molecule has 1 aliphatic heterocycles. The number of nitrogens with one attached hydrogen (secondary N) is 1. The molecular weight excluding hydrogens is 322 g/mol. The Hall–Kier alpha value is -3.09. The molecule has 1 aliphatic rings. The highest BCUT2D eigenvalue weighted by Crippen LogP contribution is 2.31. The number of carbonyl (C=O) groups excluding carboxylic acids is 2. The monoisotopic (exact) mass is 341 g/mol. The third-order valence-corrected chi connectivity index (χ3v) is 4.10. The maximum Gasteiger partial charge on any atom is 0.229 e. The van der Waals surface area contributed by atoms with Crippen LogP contribution in [0.15, 0.2) is 42.7 Å². The fraction of sp³-hybridized carbons (Fsp3) is 0.278. The zero-order valence-electron chi connectivity index (χ0n) is 14.1. The standard InChI is InChI=1S/C18H19N3O4/c1-24-15-6-5-13(9-16(15)25-2)20-18(23)12-8-17(22)21(11-12)14-4-3-7-19-10-14/h3-7,9-10,12H,8,11H2,1-2H3,(H,20,23). The maximum absolute atomic E-state index is 12.5. The van der Waals surface area contributed by atoms with Gasteiger partial charge in [-0.15, -0.1) is 0 Å². The second-order valence-electron chi connectivity index (χ2n) is 5.68. The zero-order valence-corrected chi connectivity index (χ0v) is 14.1. The Balaban J connectivity index is 1.69. The second-order valence-corrected chi connectivity index (χ2v) is 5.68. The summed E-state index contributed by atoms with van der Waals surface area (Å²) in [6.07, 6.45) is 3.44. The summed E-state index contributed by atoms with van der Waals surface area (Å²) in [6.45, 7) is 0.337. The van der Waals surface area contributed by atoms with Crippen molar-refractivity contribution in [3.8, 4) is 11.5 Å². The Kier molecular flexibility index (Phi) is 4.83. The van der Waals surface area contributed by atoms with E-state index < -0.39 is 5.92 Å². The van der Waals surface area contributed by atoms with E-state index in [9.17, 15) is 9.59 Å². The topological polar surface area (TPSA) is 80.8 Å². The molecule has 0 aliphatic carbocycles. The average Bonchev–Trinajstić information content (AvgIpc) is 3.04. The second kappa shape index (κ2) is 7.21. The van der Waals surface area contributed by atoms with Gasteiger partial charge in [0.05, 0.1) is 32.0 Å². The number of amides is 2. The maximum atomic E-state index is 12.5. The predicted octanol–water partition coefficient (Wildman–Crippen LogP) is 2.09. The van der Waals surface area contributed by atoms with Crippen LogP contribution in [0.2, 0.25) is 0 Å². The van der Waals surface area contributed by atoms with Gasteiger partial charge in [0.1, 0.15) is 0 Å². The number of benzene rings is 1. The smallest absolute Gasteiger partial charge is 0.229 e. The molecule has 3 rings (SSSR count). The van der Waals surface area contributed by atoms with Gasteiger partial charge in [-0.3, -0.25) is 14.6 Å². The van der Waals surface area contributed by atoms with E-state index in [4.69, 9.17) is 9.47 Å². The zero-order chi connectivity index (χ0) is 17.8. The van der Waals surface area contributed by atoms with Crippen molar-refractivity contribution >= 4 is 23.2 Å². The van der Waals surface area contributed by atoms with Crippen molar-refractivity contribution in [1.29, 1.82) is 0 Å². The highest BCUT2D eigenvalue weighted by atomic mass is 16.5. The van der Waals surface area contributed by atoms with E-state index in [2.05, 4.69) is 10.3 Å². The van der Waals surface area contributed by atoms with Crippen LogP contribution in [0.25, 0.3) is 0 Å². The number of aromatic nitrogens is 1. The first-order chi connectivity index (χ1) is 12.1. The van der Waals surface area contributed by atoms with Crippen LogP contribution in [-0.2, 0) is 9.59 Å². The summed E-state index contributed by atoms with van der Waals surface area (Å²) in [4.78, 5) is 30.3. The van der Waals surface area contributed by atoms with Crippen LogP contribution in [0.3, 0.4) is 0 Å². The molecule has 1 aromatic heterocycles. The van der Waals surface area contributed by atoms with Crippen molar-refractivity contribution in [3.05, 3.63) is 42.7 Å². The van der Waals surface area contributed by atoms with Gasteiger partial charge in [0.2, 0.25) is 11.8 Å². The molecule has 1 atom stereocenters. The lowest BCUT2D eigenvalue weighted by atomic mass is 10.1. The molecule has 25 heavy (non-hydrogen) atoms. The average molecular weight is 341 g/mol. The van der Waals surface area contributed by atoms with E-state index in [1.807, 2.05) is 0 Å². The normalized spacial score (nSPS) is 16.6. The molecule has 1 saturated heterocycles. The molecule has 1 fully saturated rings. The van der Waals surface area contributed by atoms with Gasteiger partial charge in [0.15, 0.2) is 11.5 Å². The third kappa shape index (κ3) is 3.55. The number of nitrogens with zero attached hydrogens (tertiary/aromatic N) is 2. The van der Waals surface area contributed by atoms with Gasteiger partial charge in [-0.05, 0) is 24.3 Å². The summed E-state index contributed by atoms with van der Waals surface area (Å²) in [7, 11) is 3.08. The van der Waals surface area contributed by atoms with Gasteiger partial charge in [0, 0.05) is 30.9 Å². The summed E-state index contributed by atoms with van der Waals surface area (Å²) in [6, 6.07) is 8.71. The summed E-state index contributed by atoms with van der Waals surface area (Å²) >= 11 is 0. The van der Waals surface area contributed by atoms with Crippen LogP contribution < -0.4 is 19.7 Å². The number of hydrogen-bond acceptors (Lipinski definition) is 5. The summed E-state index contributed by atoms with van der Waals surface area (Å²) < 4.78 is 10.4. The Morgan fingerprint density at radius 2 is 2.04 bits per heavy atom. The van der Waals surface area contributed by atoms with Gasteiger partial charge in [0.25, 0.3) is 0 Å². The molecule has 130 valence electrons. The molecule has 0 spiro atoms. The molecule has 2 amide bonds. The van der Waals surface area contributed by atoms with Gasteiger partial charge in [-0.2, -0.15) is 0 Å². The van der Waals surface area contributed by atoms with E-state index in [1.54, 1.807) is 54.7 Å².